The second-order valence-electron chi connectivity index (χ2n) is 3.31. The van der Waals surface area contributed by atoms with E-state index in [2.05, 4.69) is 15.5 Å². The zero-order valence-corrected chi connectivity index (χ0v) is 8.16. The van der Waals surface area contributed by atoms with Gasteiger partial charge >= 0.3 is 0 Å². The van der Waals surface area contributed by atoms with Gasteiger partial charge in [0.25, 0.3) is 5.91 Å². The Morgan fingerprint density at radius 3 is 3.14 bits per heavy atom. The van der Waals surface area contributed by atoms with Crippen molar-refractivity contribution in [1.82, 2.24) is 15.5 Å². The molecule has 5 heteroatoms. The lowest BCUT2D eigenvalue weighted by atomic mass is 10.1. The van der Waals surface area contributed by atoms with E-state index >= 15 is 0 Å². The van der Waals surface area contributed by atoms with E-state index in [4.69, 9.17) is 5.11 Å². The van der Waals surface area contributed by atoms with E-state index in [-0.39, 0.29) is 18.4 Å². The van der Waals surface area contributed by atoms with E-state index in [1.807, 2.05) is 6.92 Å². The van der Waals surface area contributed by atoms with E-state index < -0.39 is 0 Å². The second-order valence-corrected chi connectivity index (χ2v) is 3.31. The van der Waals surface area contributed by atoms with Crippen LogP contribution in [0.1, 0.15) is 23.7 Å². The molecule has 78 valence electrons. The third-order valence-electron chi connectivity index (χ3n) is 1.99. The van der Waals surface area contributed by atoms with Crippen molar-refractivity contribution >= 4 is 5.91 Å². The number of aliphatic hydroxyl groups excluding tert-OH is 1. The van der Waals surface area contributed by atoms with Gasteiger partial charge in [0.1, 0.15) is 0 Å². The summed E-state index contributed by atoms with van der Waals surface area (Å²) < 4.78 is 0. The first-order valence-electron chi connectivity index (χ1n) is 4.62. The Kier molecular flexibility index (Phi) is 4.12. The minimum absolute atomic E-state index is 0.136. The maximum atomic E-state index is 11.4. The van der Waals surface area contributed by atoms with Gasteiger partial charge in [-0.25, -0.2) is 0 Å². The fraction of sp³-hybridized carbons (Fsp3) is 0.556. The van der Waals surface area contributed by atoms with Crippen molar-refractivity contribution in [3.63, 3.8) is 0 Å². The van der Waals surface area contributed by atoms with Crippen LogP contribution in [0.4, 0.5) is 0 Å². The molecule has 0 aliphatic heterocycles. The monoisotopic (exact) mass is 197 g/mol. The van der Waals surface area contributed by atoms with E-state index in [9.17, 15) is 4.79 Å². The Labute approximate surface area is 82.5 Å². The van der Waals surface area contributed by atoms with Crippen molar-refractivity contribution in [2.75, 3.05) is 13.2 Å². The molecule has 0 radical (unpaired) electrons. The lowest BCUT2D eigenvalue weighted by molar-refractivity contribution is 0.0945. The van der Waals surface area contributed by atoms with Crippen LogP contribution < -0.4 is 5.32 Å². The van der Waals surface area contributed by atoms with Gasteiger partial charge < -0.3 is 10.4 Å². The molecule has 0 spiro atoms. The molecule has 0 fully saturated rings. The molecular weight excluding hydrogens is 182 g/mol. The summed E-state index contributed by atoms with van der Waals surface area (Å²) in [6.07, 6.45) is 3.73. The zero-order chi connectivity index (χ0) is 10.4. The first-order chi connectivity index (χ1) is 6.74. The van der Waals surface area contributed by atoms with Crippen molar-refractivity contribution in [1.29, 1.82) is 0 Å². The third-order valence-corrected chi connectivity index (χ3v) is 1.99. The fourth-order valence-electron chi connectivity index (χ4n) is 1.07. The highest BCUT2D eigenvalue weighted by molar-refractivity contribution is 5.93. The molecule has 0 saturated heterocycles. The number of nitrogens with one attached hydrogen (secondary N) is 2. The molecule has 1 heterocycles. The molecule has 5 nitrogen and oxygen atoms in total. The maximum Gasteiger partial charge on any atom is 0.254 e. The van der Waals surface area contributed by atoms with Crippen LogP contribution in [0.15, 0.2) is 12.4 Å². The van der Waals surface area contributed by atoms with Crippen LogP contribution in [-0.2, 0) is 0 Å². The standard InChI is InChI=1S/C9H15N3O2/c1-7(2-3-13)4-10-9(14)8-5-11-12-6-8/h5-7,13H,2-4H2,1H3,(H,10,14)(H,11,12). The minimum Gasteiger partial charge on any atom is -0.396 e. The lowest BCUT2D eigenvalue weighted by Gasteiger charge is -2.09. The largest absolute Gasteiger partial charge is 0.396 e. The molecule has 1 rings (SSSR count). The van der Waals surface area contributed by atoms with Gasteiger partial charge in [-0.05, 0) is 12.3 Å². The number of hydrogen-bond donors (Lipinski definition) is 3. The normalized spacial score (nSPS) is 12.4. The van der Waals surface area contributed by atoms with Crippen LogP contribution in [0.5, 0.6) is 0 Å². The number of amides is 1. The van der Waals surface area contributed by atoms with Gasteiger partial charge in [-0.1, -0.05) is 6.92 Å². The van der Waals surface area contributed by atoms with Crippen molar-refractivity contribution in [2.24, 2.45) is 5.92 Å². The van der Waals surface area contributed by atoms with Crippen LogP contribution >= 0.6 is 0 Å². The van der Waals surface area contributed by atoms with E-state index in [1.165, 1.54) is 6.20 Å². The van der Waals surface area contributed by atoms with Crippen molar-refractivity contribution in [2.45, 2.75) is 13.3 Å². The van der Waals surface area contributed by atoms with Crippen LogP contribution in [0.3, 0.4) is 0 Å². The maximum absolute atomic E-state index is 11.4. The van der Waals surface area contributed by atoms with E-state index in [1.54, 1.807) is 6.20 Å². The Hall–Kier alpha value is -1.36. The third kappa shape index (κ3) is 3.18. The van der Waals surface area contributed by atoms with Crippen LogP contribution in [0, 0.1) is 5.92 Å². The fourth-order valence-corrected chi connectivity index (χ4v) is 1.07. The molecule has 1 amide bonds. The first kappa shape index (κ1) is 10.7. The Morgan fingerprint density at radius 1 is 1.79 bits per heavy atom. The number of carbonyl (C=O) groups is 1. The first-order valence-corrected chi connectivity index (χ1v) is 4.62. The van der Waals surface area contributed by atoms with Gasteiger partial charge in [0.15, 0.2) is 0 Å². The van der Waals surface area contributed by atoms with Crippen LogP contribution in [-0.4, -0.2) is 34.4 Å². The SMILES string of the molecule is CC(CCO)CNC(=O)c1cn[nH]c1. The summed E-state index contributed by atoms with van der Waals surface area (Å²) in [4.78, 5) is 11.4. The summed E-state index contributed by atoms with van der Waals surface area (Å²) in [5, 5.41) is 17.7. The number of rotatable bonds is 5. The van der Waals surface area contributed by atoms with Crippen molar-refractivity contribution < 1.29 is 9.90 Å². The van der Waals surface area contributed by atoms with Gasteiger partial charge in [-0.2, -0.15) is 5.10 Å². The molecule has 0 bridgehead atoms. The molecule has 3 N–H and O–H groups in total. The molecule has 1 aromatic heterocycles. The molecular formula is C9H15N3O2. The molecule has 0 aromatic carbocycles. The average Bonchev–Trinajstić information content (AvgIpc) is 2.67. The van der Waals surface area contributed by atoms with Gasteiger partial charge in [-0.3, -0.25) is 9.89 Å². The Bertz CT molecular complexity index is 272. The molecule has 1 aromatic rings. The minimum atomic E-state index is -0.136. The number of aromatic nitrogens is 2. The van der Waals surface area contributed by atoms with Crippen molar-refractivity contribution in [3.8, 4) is 0 Å². The highest BCUT2D eigenvalue weighted by Gasteiger charge is 2.07. The number of aromatic amines is 1. The average molecular weight is 197 g/mol. The van der Waals surface area contributed by atoms with Gasteiger partial charge in [0.05, 0.1) is 11.8 Å². The predicted molar refractivity (Wildman–Crippen MR) is 51.8 cm³/mol. The number of aliphatic hydroxyl groups is 1. The molecule has 0 saturated carbocycles. The summed E-state index contributed by atoms with van der Waals surface area (Å²) in [5.41, 5.74) is 0.529. The lowest BCUT2D eigenvalue weighted by Crippen LogP contribution is -2.28. The molecule has 1 unspecified atom stereocenters. The molecule has 1 atom stereocenters. The smallest absolute Gasteiger partial charge is 0.254 e. The molecule has 0 aliphatic rings. The molecule has 14 heavy (non-hydrogen) atoms. The quantitative estimate of drug-likeness (QED) is 0.629. The second kappa shape index (κ2) is 5.39. The van der Waals surface area contributed by atoms with E-state index in [0.717, 1.165) is 0 Å². The summed E-state index contributed by atoms with van der Waals surface area (Å²) >= 11 is 0. The van der Waals surface area contributed by atoms with Crippen molar-refractivity contribution in [3.05, 3.63) is 18.0 Å². The summed E-state index contributed by atoms with van der Waals surface area (Å²) in [6, 6.07) is 0. The highest BCUT2D eigenvalue weighted by Crippen LogP contribution is 1.99. The Balaban J connectivity index is 2.28. The zero-order valence-electron chi connectivity index (χ0n) is 8.16. The van der Waals surface area contributed by atoms with Crippen LogP contribution in [0.2, 0.25) is 0 Å². The summed E-state index contributed by atoms with van der Waals surface area (Å²) in [5.74, 6) is 0.152. The van der Waals surface area contributed by atoms with Crippen LogP contribution in [0.25, 0.3) is 0 Å². The number of H-pyrrole nitrogens is 1. The summed E-state index contributed by atoms with van der Waals surface area (Å²) in [6.45, 7) is 2.71. The van der Waals surface area contributed by atoms with Gasteiger partial charge in [-0.15, -0.1) is 0 Å². The number of hydrogen-bond acceptors (Lipinski definition) is 3. The topological polar surface area (TPSA) is 78.0 Å². The predicted octanol–water partition coefficient (Wildman–Crippen LogP) is 0.158. The van der Waals surface area contributed by atoms with Gasteiger partial charge in [0, 0.05) is 19.3 Å². The van der Waals surface area contributed by atoms with Gasteiger partial charge in [0.2, 0.25) is 0 Å². The summed E-state index contributed by atoms with van der Waals surface area (Å²) in [7, 11) is 0. The van der Waals surface area contributed by atoms with E-state index in [0.29, 0.717) is 18.5 Å². The molecule has 0 aliphatic carbocycles. The highest BCUT2D eigenvalue weighted by atomic mass is 16.3. The number of nitrogens with zero attached hydrogens (tertiary/aromatic N) is 1. The Morgan fingerprint density at radius 2 is 2.57 bits per heavy atom. The number of carbonyl (C=O) groups excluding carboxylic acids is 1.